The van der Waals surface area contributed by atoms with Crippen molar-refractivity contribution in [2.24, 2.45) is 0 Å². The second-order valence-electron chi connectivity index (χ2n) is 4.22. The van der Waals surface area contributed by atoms with Gasteiger partial charge in [0.2, 0.25) is 0 Å². The monoisotopic (exact) mass is 298 g/mol. The van der Waals surface area contributed by atoms with Crippen molar-refractivity contribution in [3.63, 3.8) is 0 Å². The topological polar surface area (TPSA) is 35.5 Å². The molecule has 4 heteroatoms. The van der Waals surface area contributed by atoms with Crippen LogP contribution >= 0.6 is 15.9 Å². The predicted molar refractivity (Wildman–Crippen MR) is 69.0 cm³/mol. The van der Waals surface area contributed by atoms with Crippen molar-refractivity contribution in [2.75, 3.05) is 13.2 Å². The van der Waals surface area contributed by atoms with Crippen LogP contribution in [0.4, 0.5) is 0 Å². The Kier molecular flexibility index (Phi) is 3.72. The summed E-state index contributed by atoms with van der Waals surface area (Å²) in [6, 6.07) is 1.93. The first kappa shape index (κ1) is 12.4. The number of carbonyl (C=O) groups is 1. The lowest BCUT2D eigenvalue weighted by Crippen LogP contribution is -2.18. The van der Waals surface area contributed by atoms with Crippen molar-refractivity contribution in [3.8, 4) is 11.5 Å². The van der Waals surface area contributed by atoms with Crippen LogP contribution in [0.15, 0.2) is 10.5 Å². The summed E-state index contributed by atoms with van der Waals surface area (Å²) < 4.78 is 12.3. The number of hydrogen-bond donors (Lipinski definition) is 0. The molecular formula is C13H15BrO3. The quantitative estimate of drug-likeness (QED) is 0.804. The molecule has 1 aliphatic heterocycles. The third-order valence-electron chi connectivity index (χ3n) is 3.02. The van der Waals surface area contributed by atoms with Crippen LogP contribution in [0.5, 0.6) is 11.5 Å². The van der Waals surface area contributed by atoms with Crippen LogP contribution in [0.1, 0.15) is 30.4 Å². The molecule has 0 spiro atoms. The van der Waals surface area contributed by atoms with Crippen molar-refractivity contribution >= 4 is 22.2 Å². The van der Waals surface area contributed by atoms with Crippen LogP contribution in [0.2, 0.25) is 0 Å². The molecule has 0 bridgehead atoms. The Balaban J connectivity index is 2.54. The Labute approximate surface area is 109 Å². The highest BCUT2D eigenvalue weighted by Crippen LogP contribution is 2.43. The minimum Gasteiger partial charge on any atom is -0.486 e. The molecule has 0 fully saturated rings. The van der Waals surface area contributed by atoms with E-state index in [1.807, 2.05) is 19.9 Å². The highest BCUT2D eigenvalue weighted by molar-refractivity contribution is 9.10. The van der Waals surface area contributed by atoms with Gasteiger partial charge in [-0.25, -0.2) is 0 Å². The van der Waals surface area contributed by atoms with Gasteiger partial charge in [0.1, 0.15) is 19.5 Å². The van der Waals surface area contributed by atoms with Crippen LogP contribution in [-0.2, 0) is 4.79 Å². The van der Waals surface area contributed by atoms with Gasteiger partial charge >= 0.3 is 0 Å². The van der Waals surface area contributed by atoms with E-state index in [9.17, 15) is 4.79 Å². The lowest BCUT2D eigenvalue weighted by molar-refractivity contribution is -0.108. The van der Waals surface area contributed by atoms with Crippen molar-refractivity contribution in [3.05, 3.63) is 21.7 Å². The Morgan fingerprint density at radius 1 is 1.47 bits per heavy atom. The fraction of sp³-hybridized carbons (Fsp3) is 0.462. The molecule has 0 saturated carbocycles. The predicted octanol–water partition coefficient (Wildman–Crippen LogP) is 3.22. The van der Waals surface area contributed by atoms with Crippen molar-refractivity contribution in [1.82, 2.24) is 0 Å². The standard InChI is InChI=1S/C13H15BrO3/c1-8(3-4-15)12-9(2)10(14)7-11-13(12)17-6-5-16-11/h4,7-8H,3,5-6H2,1-2H3. The van der Waals surface area contributed by atoms with Gasteiger partial charge in [0, 0.05) is 16.5 Å². The first-order valence-electron chi connectivity index (χ1n) is 5.67. The number of carbonyl (C=O) groups excluding carboxylic acids is 1. The second kappa shape index (κ2) is 5.08. The molecule has 3 nitrogen and oxygen atoms in total. The molecule has 0 amide bonds. The van der Waals surface area contributed by atoms with Gasteiger partial charge in [-0.1, -0.05) is 22.9 Å². The maximum Gasteiger partial charge on any atom is 0.165 e. The molecule has 1 heterocycles. The highest BCUT2D eigenvalue weighted by atomic mass is 79.9. The molecule has 1 aromatic rings. The molecule has 0 radical (unpaired) electrons. The summed E-state index contributed by atoms with van der Waals surface area (Å²) in [6.07, 6.45) is 1.44. The number of fused-ring (bicyclic) bond motifs is 1. The first-order valence-corrected chi connectivity index (χ1v) is 6.46. The third-order valence-corrected chi connectivity index (χ3v) is 3.84. The molecule has 0 saturated heterocycles. The van der Waals surface area contributed by atoms with Gasteiger partial charge in [0.25, 0.3) is 0 Å². The fourth-order valence-corrected chi connectivity index (χ4v) is 2.55. The van der Waals surface area contributed by atoms with Gasteiger partial charge in [-0.2, -0.15) is 0 Å². The van der Waals surface area contributed by atoms with E-state index in [4.69, 9.17) is 9.47 Å². The summed E-state index contributed by atoms with van der Waals surface area (Å²) >= 11 is 3.52. The van der Waals surface area contributed by atoms with E-state index < -0.39 is 0 Å². The molecule has 17 heavy (non-hydrogen) atoms. The molecule has 1 unspecified atom stereocenters. The minimum absolute atomic E-state index is 0.139. The lowest BCUT2D eigenvalue weighted by Gasteiger charge is -2.25. The molecule has 2 rings (SSSR count). The largest absolute Gasteiger partial charge is 0.486 e. The molecule has 1 atom stereocenters. The maximum atomic E-state index is 10.7. The van der Waals surface area contributed by atoms with E-state index >= 15 is 0 Å². The summed E-state index contributed by atoms with van der Waals surface area (Å²) in [5, 5.41) is 0. The van der Waals surface area contributed by atoms with Gasteiger partial charge in [0.05, 0.1) is 0 Å². The van der Waals surface area contributed by atoms with Crippen molar-refractivity contribution in [1.29, 1.82) is 0 Å². The lowest BCUT2D eigenvalue weighted by atomic mass is 9.92. The molecule has 0 N–H and O–H groups in total. The Hall–Kier alpha value is -1.03. The number of rotatable bonds is 3. The SMILES string of the molecule is Cc1c(Br)cc2c(c1C(C)CC=O)OCCO2. The number of halogens is 1. The number of ether oxygens (including phenoxy) is 2. The summed E-state index contributed by atoms with van der Waals surface area (Å²) in [7, 11) is 0. The molecule has 0 aromatic heterocycles. The summed E-state index contributed by atoms with van der Waals surface area (Å²) in [5.41, 5.74) is 2.18. The van der Waals surface area contributed by atoms with Crippen LogP contribution in [0.25, 0.3) is 0 Å². The Morgan fingerprint density at radius 3 is 2.88 bits per heavy atom. The zero-order valence-electron chi connectivity index (χ0n) is 9.96. The van der Waals surface area contributed by atoms with E-state index in [0.29, 0.717) is 19.6 Å². The summed E-state index contributed by atoms with van der Waals surface area (Å²) in [5.74, 6) is 1.70. The third kappa shape index (κ3) is 2.32. The van der Waals surface area contributed by atoms with Gasteiger partial charge in [-0.3, -0.25) is 0 Å². The first-order chi connectivity index (χ1) is 8.15. The van der Waals surface area contributed by atoms with Crippen LogP contribution in [0.3, 0.4) is 0 Å². The molecule has 0 aliphatic carbocycles. The Bertz CT molecular complexity index is 443. The van der Waals surface area contributed by atoms with E-state index in [0.717, 1.165) is 33.4 Å². The van der Waals surface area contributed by atoms with Gasteiger partial charge in [-0.15, -0.1) is 0 Å². The summed E-state index contributed by atoms with van der Waals surface area (Å²) in [6.45, 7) is 5.19. The van der Waals surface area contributed by atoms with Crippen LogP contribution in [-0.4, -0.2) is 19.5 Å². The highest BCUT2D eigenvalue weighted by Gasteiger charge is 2.23. The Morgan fingerprint density at radius 2 is 2.18 bits per heavy atom. The van der Waals surface area contributed by atoms with Crippen molar-refractivity contribution in [2.45, 2.75) is 26.2 Å². The molecule has 1 aromatic carbocycles. The van der Waals surface area contributed by atoms with E-state index in [1.54, 1.807) is 0 Å². The van der Waals surface area contributed by atoms with Crippen molar-refractivity contribution < 1.29 is 14.3 Å². The average Bonchev–Trinajstić information content (AvgIpc) is 2.31. The number of benzene rings is 1. The van der Waals surface area contributed by atoms with E-state index in [2.05, 4.69) is 15.9 Å². The number of hydrogen-bond acceptors (Lipinski definition) is 3. The second-order valence-corrected chi connectivity index (χ2v) is 5.08. The normalized spacial score (nSPS) is 15.5. The zero-order valence-corrected chi connectivity index (χ0v) is 11.5. The minimum atomic E-state index is 0.139. The van der Waals surface area contributed by atoms with Gasteiger partial charge in [-0.05, 0) is 24.5 Å². The fourth-order valence-electron chi connectivity index (χ4n) is 2.13. The van der Waals surface area contributed by atoms with E-state index in [-0.39, 0.29) is 5.92 Å². The van der Waals surface area contributed by atoms with Crippen LogP contribution < -0.4 is 9.47 Å². The number of aldehydes is 1. The van der Waals surface area contributed by atoms with Crippen LogP contribution in [0, 0.1) is 6.92 Å². The van der Waals surface area contributed by atoms with Gasteiger partial charge in [0.15, 0.2) is 11.5 Å². The maximum absolute atomic E-state index is 10.7. The molecular weight excluding hydrogens is 284 g/mol. The summed E-state index contributed by atoms with van der Waals surface area (Å²) in [4.78, 5) is 10.7. The smallest absolute Gasteiger partial charge is 0.165 e. The van der Waals surface area contributed by atoms with E-state index in [1.165, 1.54) is 0 Å². The molecule has 92 valence electrons. The zero-order chi connectivity index (χ0) is 12.4. The van der Waals surface area contributed by atoms with Gasteiger partial charge < -0.3 is 14.3 Å². The average molecular weight is 299 g/mol. The molecule has 1 aliphatic rings.